The number of aliphatic hydroxyl groups excluding tert-OH is 1. The van der Waals surface area contributed by atoms with Crippen LogP contribution in [0.4, 0.5) is 0 Å². The van der Waals surface area contributed by atoms with E-state index in [4.69, 9.17) is 5.73 Å². The van der Waals surface area contributed by atoms with E-state index < -0.39 is 6.23 Å². The molecule has 0 radical (unpaired) electrons. The van der Waals surface area contributed by atoms with Gasteiger partial charge in [0.25, 0.3) is 0 Å². The molecule has 1 aromatic rings. The third-order valence-electron chi connectivity index (χ3n) is 2.29. The maximum atomic E-state index is 9.29. The van der Waals surface area contributed by atoms with Crippen LogP contribution >= 0.6 is 0 Å². The van der Waals surface area contributed by atoms with Crippen LogP contribution in [0.15, 0.2) is 18.2 Å². The van der Waals surface area contributed by atoms with E-state index in [1.54, 1.807) is 0 Å². The van der Waals surface area contributed by atoms with Gasteiger partial charge in [-0.25, -0.2) is 0 Å². The molecule has 0 saturated carbocycles. The zero-order valence-corrected chi connectivity index (χ0v) is 8.41. The lowest BCUT2D eigenvalue weighted by atomic mass is 9.97. The van der Waals surface area contributed by atoms with Crippen molar-refractivity contribution in [2.75, 3.05) is 0 Å². The summed E-state index contributed by atoms with van der Waals surface area (Å²) in [4.78, 5) is 0. The third kappa shape index (κ3) is 2.29. The first-order valence-corrected chi connectivity index (χ1v) is 4.56. The summed E-state index contributed by atoms with van der Waals surface area (Å²) in [6, 6.07) is 6.05. The Kier molecular flexibility index (Phi) is 3.07. The van der Waals surface area contributed by atoms with Crippen molar-refractivity contribution in [3.05, 3.63) is 34.9 Å². The standard InChI is InChI=1S/C11H17NO/c1-7(2)9-5-4-8(3)10(6-9)11(12)13/h4-7,11,13H,12H2,1-3H3. The summed E-state index contributed by atoms with van der Waals surface area (Å²) < 4.78 is 0. The van der Waals surface area contributed by atoms with E-state index in [0.29, 0.717) is 5.92 Å². The zero-order chi connectivity index (χ0) is 10.0. The van der Waals surface area contributed by atoms with Crippen LogP contribution in [-0.2, 0) is 0 Å². The maximum absolute atomic E-state index is 9.29. The van der Waals surface area contributed by atoms with E-state index in [0.717, 1.165) is 11.1 Å². The average Bonchev–Trinajstić information content (AvgIpc) is 2.04. The monoisotopic (exact) mass is 179 g/mol. The van der Waals surface area contributed by atoms with E-state index in [1.807, 2.05) is 19.1 Å². The highest BCUT2D eigenvalue weighted by Crippen LogP contribution is 2.21. The smallest absolute Gasteiger partial charge is 0.128 e. The average molecular weight is 179 g/mol. The van der Waals surface area contributed by atoms with Crippen molar-refractivity contribution in [1.29, 1.82) is 0 Å². The van der Waals surface area contributed by atoms with Gasteiger partial charge in [-0.05, 0) is 29.5 Å². The van der Waals surface area contributed by atoms with Crippen LogP contribution in [0.5, 0.6) is 0 Å². The second-order valence-electron chi connectivity index (χ2n) is 3.72. The molecule has 0 aliphatic heterocycles. The molecule has 0 aromatic heterocycles. The largest absolute Gasteiger partial charge is 0.375 e. The molecule has 0 amide bonds. The predicted octanol–water partition coefficient (Wildman–Crippen LogP) is 2.07. The second-order valence-corrected chi connectivity index (χ2v) is 3.72. The fourth-order valence-electron chi connectivity index (χ4n) is 1.34. The molecule has 0 fully saturated rings. The van der Waals surface area contributed by atoms with Gasteiger partial charge in [0.15, 0.2) is 0 Å². The minimum absolute atomic E-state index is 0.470. The van der Waals surface area contributed by atoms with E-state index in [9.17, 15) is 5.11 Å². The first kappa shape index (κ1) is 10.2. The Balaban J connectivity index is 3.11. The molecule has 1 aromatic carbocycles. The highest BCUT2D eigenvalue weighted by molar-refractivity contribution is 5.33. The van der Waals surface area contributed by atoms with Gasteiger partial charge < -0.3 is 10.8 Å². The molecule has 0 bridgehead atoms. The second kappa shape index (κ2) is 3.90. The number of aryl methyl sites for hydroxylation is 1. The van der Waals surface area contributed by atoms with Gasteiger partial charge in [-0.2, -0.15) is 0 Å². The Morgan fingerprint density at radius 3 is 2.38 bits per heavy atom. The zero-order valence-electron chi connectivity index (χ0n) is 8.41. The topological polar surface area (TPSA) is 46.2 Å². The molecular formula is C11H17NO. The van der Waals surface area contributed by atoms with Crippen molar-refractivity contribution >= 4 is 0 Å². The van der Waals surface area contributed by atoms with Crippen LogP contribution in [0.3, 0.4) is 0 Å². The molecule has 2 heteroatoms. The molecule has 72 valence electrons. The first-order chi connectivity index (χ1) is 6.02. The lowest BCUT2D eigenvalue weighted by Crippen LogP contribution is -2.10. The van der Waals surface area contributed by atoms with Crippen molar-refractivity contribution in [2.45, 2.75) is 32.9 Å². The summed E-state index contributed by atoms with van der Waals surface area (Å²) in [5.74, 6) is 0.470. The van der Waals surface area contributed by atoms with Crippen LogP contribution in [0, 0.1) is 6.92 Å². The van der Waals surface area contributed by atoms with Crippen LogP contribution in [0.2, 0.25) is 0 Å². The molecule has 0 heterocycles. The summed E-state index contributed by atoms with van der Waals surface area (Å²) >= 11 is 0. The molecule has 1 rings (SSSR count). The lowest BCUT2D eigenvalue weighted by Gasteiger charge is -2.12. The molecular weight excluding hydrogens is 162 g/mol. The molecule has 0 spiro atoms. The Morgan fingerprint density at radius 1 is 1.31 bits per heavy atom. The number of rotatable bonds is 2. The predicted molar refractivity (Wildman–Crippen MR) is 54.4 cm³/mol. The molecule has 2 nitrogen and oxygen atoms in total. The molecule has 1 unspecified atom stereocenters. The Labute approximate surface area is 79.4 Å². The normalized spacial score (nSPS) is 13.4. The SMILES string of the molecule is Cc1ccc(C(C)C)cc1C(N)O. The Morgan fingerprint density at radius 2 is 1.92 bits per heavy atom. The molecule has 3 N–H and O–H groups in total. The van der Waals surface area contributed by atoms with Gasteiger partial charge in [-0.1, -0.05) is 32.0 Å². The van der Waals surface area contributed by atoms with Gasteiger partial charge in [-0.3, -0.25) is 0 Å². The summed E-state index contributed by atoms with van der Waals surface area (Å²) in [7, 11) is 0. The van der Waals surface area contributed by atoms with Crippen molar-refractivity contribution in [3.8, 4) is 0 Å². The number of hydrogen-bond acceptors (Lipinski definition) is 2. The first-order valence-electron chi connectivity index (χ1n) is 4.56. The molecule has 0 aliphatic carbocycles. The number of aliphatic hydroxyl groups is 1. The number of hydrogen-bond donors (Lipinski definition) is 2. The minimum Gasteiger partial charge on any atom is -0.375 e. The van der Waals surface area contributed by atoms with Crippen molar-refractivity contribution in [1.82, 2.24) is 0 Å². The van der Waals surface area contributed by atoms with Crippen LogP contribution in [0.1, 0.15) is 42.7 Å². The number of benzene rings is 1. The van der Waals surface area contributed by atoms with Gasteiger partial charge in [0.05, 0.1) is 0 Å². The van der Waals surface area contributed by atoms with E-state index in [-0.39, 0.29) is 0 Å². The Hall–Kier alpha value is -0.860. The third-order valence-corrected chi connectivity index (χ3v) is 2.29. The van der Waals surface area contributed by atoms with Crippen molar-refractivity contribution in [3.63, 3.8) is 0 Å². The van der Waals surface area contributed by atoms with E-state index in [2.05, 4.69) is 19.9 Å². The molecule has 13 heavy (non-hydrogen) atoms. The number of nitrogens with two attached hydrogens (primary N) is 1. The quantitative estimate of drug-likeness (QED) is 0.683. The van der Waals surface area contributed by atoms with Crippen molar-refractivity contribution < 1.29 is 5.11 Å². The van der Waals surface area contributed by atoms with Crippen LogP contribution in [-0.4, -0.2) is 5.11 Å². The van der Waals surface area contributed by atoms with Crippen LogP contribution in [0.25, 0.3) is 0 Å². The summed E-state index contributed by atoms with van der Waals surface area (Å²) in [5, 5.41) is 9.29. The molecule has 0 saturated heterocycles. The summed E-state index contributed by atoms with van der Waals surface area (Å²) in [6.45, 7) is 6.20. The van der Waals surface area contributed by atoms with Gasteiger partial charge >= 0.3 is 0 Å². The summed E-state index contributed by atoms with van der Waals surface area (Å²) in [5.41, 5.74) is 8.52. The summed E-state index contributed by atoms with van der Waals surface area (Å²) in [6.07, 6.45) is -0.862. The van der Waals surface area contributed by atoms with Crippen molar-refractivity contribution in [2.24, 2.45) is 5.73 Å². The van der Waals surface area contributed by atoms with Crippen LogP contribution < -0.4 is 5.73 Å². The fourth-order valence-corrected chi connectivity index (χ4v) is 1.34. The molecule has 1 atom stereocenters. The highest BCUT2D eigenvalue weighted by Gasteiger charge is 2.07. The minimum atomic E-state index is -0.862. The molecule has 0 aliphatic rings. The van der Waals surface area contributed by atoms with E-state index >= 15 is 0 Å². The maximum Gasteiger partial charge on any atom is 0.128 e. The fraction of sp³-hybridized carbons (Fsp3) is 0.455. The van der Waals surface area contributed by atoms with E-state index in [1.165, 1.54) is 5.56 Å². The Bertz CT molecular complexity index is 292. The van der Waals surface area contributed by atoms with Gasteiger partial charge in [0.1, 0.15) is 6.23 Å². The van der Waals surface area contributed by atoms with Gasteiger partial charge in [-0.15, -0.1) is 0 Å². The van der Waals surface area contributed by atoms with Gasteiger partial charge in [0.2, 0.25) is 0 Å². The lowest BCUT2D eigenvalue weighted by molar-refractivity contribution is 0.185. The van der Waals surface area contributed by atoms with Gasteiger partial charge in [0, 0.05) is 0 Å². The highest BCUT2D eigenvalue weighted by atomic mass is 16.3.